The summed E-state index contributed by atoms with van der Waals surface area (Å²) in [5.74, 6) is 1.30. The van der Waals surface area contributed by atoms with Crippen LogP contribution < -0.4 is 19.9 Å². The predicted molar refractivity (Wildman–Crippen MR) is 150 cm³/mol. The van der Waals surface area contributed by atoms with E-state index in [-0.39, 0.29) is 24.0 Å². The average molecular weight is 533 g/mol. The van der Waals surface area contributed by atoms with Crippen LogP contribution in [0.3, 0.4) is 0 Å². The highest BCUT2D eigenvalue weighted by atomic mass is 31.2. The molecule has 2 aromatic carbocycles. The van der Waals surface area contributed by atoms with Crippen LogP contribution in [0, 0.1) is 5.92 Å². The lowest BCUT2D eigenvalue weighted by Gasteiger charge is -2.28. The van der Waals surface area contributed by atoms with Gasteiger partial charge < -0.3 is 14.8 Å². The zero-order valence-electron chi connectivity index (χ0n) is 23.1. The second-order valence-electron chi connectivity index (χ2n) is 9.71. The molecule has 0 fully saturated rings. The molecule has 0 aliphatic carbocycles. The van der Waals surface area contributed by atoms with Crippen LogP contribution in [-0.2, 0) is 18.4 Å². The molecule has 0 bridgehead atoms. The van der Waals surface area contributed by atoms with Crippen LogP contribution in [0.25, 0.3) is 12.2 Å². The second-order valence-corrected chi connectivity index (χ2v) is 11.4. The fourth-order valence-corrected chi connectivity index (χ4v) is 5.43. The molecule has 0 spiro atoms. The van der Waals surface area contributed by atoms with Gasteiger partial charge in [-0.2, -0.15) is 0 Å². The van der Waals surface area contributed by atoms with Gasteiger partial charge in [-0.15, -0.1) is 0 Å². The third kappa shape index (κ3) is 10.7. The molecule has 204 valence electrons. The Kier molecular flexibility index (Phi) is 11.9. The first-order chi connectivity index (χ1) is 17.4. The average Bonchev–Trinajstić information content (AvgIpc) is 2.81. The third-order valence-electron chi connectivity index (χ3n) is 5.06. The highest BCUT2D eigenvalue weighted by Crippen LogP contribution is 2.47. The van der Waals surface area contributed by atoms with Gasteiger partial charge in [-0.25, -0.2) is 9.65 Å². The van der Waals surface area contributed by atoms with Gasteiger partial charge in [0.2, 0.25) is 5.91 Å². The minimum Gasteiger partial charge on any atom is -0.497 e. The van der Waals surface area contributed by atoms with Gasteiger partial charge in [0, 0.05) is 11.8 Å². The summed E-state index contributed by atoms with van der Waals surface area (Å²) in [4.78, 5) is 13.2. The van der Waals surface area contributed by atoms with Crippen molar-refractivity contribution in [1.82, 2.24) is 5.09 Å². The van der Waals surface area contributed by atoms with E-state index in [0.717, 1.165) is 11.1 Å². The maximum atomic E-state index is 13.3. The highest BCUT2D eigenvalue weighted by Gasteiger charge is 2.34. The Balaban J connectivity index is 2.14. The predicted octanol–water partition coefficient (Wildman–Crippen LogP) is 6.78. The summed E-state index contributed by atoms with van der Waals surface area (Å²) in [6.45, 7) is 11.1. The lowest BCUT2D eigenvalue weighted by molar-refractivity contribution is -0.118. The van der Waals surface area contributed by atoms with Crippen molar-refractivity contribution in [3.8, 4) is 11.5 Å². The number of benzene rings is 2. The van der Waals surface area contributed by atoms with Crippen LogP contribution in [-0.4, -0.2) is 38.4 Å². The molecular weight excluding hydrogens is 491 g/mol. The molecule has 2 N–H and O–H groups in total. The van der Waals surface area contributed by atoms with Gasteiger partial charge in [-0.05, 0) is 75.4 Å². The van der Waals surface area contributed by atoms with Crippen molar-refractivity contribution >= 4 is 31.5 Å². The van der Waals surface area contributed by atoms with Gasteiger partial charge in [0.15, 0.2) is 0 Å². The summed E-state index contributed by atoms with van der Waals surface area (Å²) in [6.07, 6.45) is 3.72. The largest absolute Gasteiger partial charge is 0.497 e. The normalized spacial score (nSPS) is 12.9. The van der Waals surface area contributed by atoms with Gasteiger partial charge in [0.25, 0.3) is 0 Å². The first-order valence-electron chi connectivity index (χ1n) is 12.5. The van der Waals surface area contributed by atoms with E-state index in [0.29, 0.717) is 23.6 Å². The van der Waals surface area contributed by atoms with E-state index < -0.39 is 13.8 Å². The standard InChI is InChI=1S/C28H41N2O6P/c1-19(2)15-27(30-37(32,35-20(3)4)36-21(5)6)28(31)29-24-13-11-22(12-14-24)9-10-23-16-25(33-7)18-26(17-23)34-8/h9-14,16-21,27H,15H2,1-8H3,(H,29,31)(H,30,32)/b10-9+/t27-/m0/s1. The summed E-state index contributed by atoms with van der Waals surface area (Å²) in [5.41, 5.74) is 2.52. The van der Waals surface area contributed by atoms with E-state index in [1.165, 1.54) is 0 Å². The van der Waals surface area contributed by atoms with Gasteiger partial charge in [-0.1, -0.05) is 38.1 Å². The molecule has 0 aromatic heterocycles. The molecule has 37 heavy (non-hydrogen) atoms. The van der Waals surface area contributed by atoms with E-state index in [4.69, 9.17) is 18.5 Å². The minimum absolute atomic E-state index is 0.178. The lowest BCUT2D eigenvalue weighted by atomic mass is 10.0. The molecule has 1 amide bonds. The van der Waals surface area contributed by atoms with Crippen molar-refractivity contribution in [3.05, 3.63) is 53.6 Å². The number of carbonyl (C=O) groups is 1. The second kappa shape index (κ2) is 14.3. The summed E-state index contributed by atoms with van der Waals surface area (Å²) in [6, 6.07) is 12.4. The minimum atomic E-state index is -3.70. The molecule has 0 saturated heterocycles. The number of rotatable bonds is 14. The Morgan fingerprint density at radius 2 is 1.35 bits per heavy atom. The number of hydrogen-bond donors (Lipinski definition) is 2. The molecule has 1 atom stereocenters. The van der Waals surface area contributed by atoms with Crippen LogP contribution in [0.5, 0.6) is 11.5 Å². The molecule has 0 radical (unpaired) electrons. The number of amides is 1. The highest BCUT2D eigenvalue weighted by molar-refractivity contribution is 7.51. The number of ether oxygens (including phenoxy) is 2. The molecule has 0 aliphatic heterocycles. The SMILES string of the molecule is COc1cc(/C=C/c2ccc(NC(=O)[C@H](CC(C)C)NP(=O)(OC(C)C)OC(C)C)cc2)cc(OC)c1. The quantitative estimate of drug-likeness (QED) is 0.205. The number of nitrogens with one attached hydrogen (secondary N) is 2. The van der Waals surface area contributed by atoms with Crippen molar-refractivity contribution in [2.75, 3.05) is 19.5 Å². The molecule has 0 saturated carbocycles. The van der Waals surface area contributed by atoms with E-state index in [1.807, 2.05) is 68.5 Å². The molecule has 0 heterocycles. The Morgan fingerprint density at radius 1 is 0.838 bits per heavy atom. The summed E-state index contributed by atoms with van der Waals surface area (Å²) in [5, 5.41) is 5.80. The van der Waals surface area contributed by atoms with Crippen LogP contribution in [0.15, 0.2) is 42.5 Å². The smallest absolute Gasteiger partial charge is 0.406 e. The molecule has 2 rings (SSSR count). The Bertz CT molecular complexity index is 1050. The van der Waals surface area contributed by atoms with Crippen LogP contribution in [0.4, 0.5) is 5.69 Å². The van der Waals surface area contributed by atoms with Gasteiger partial charge in [-0.3, -0.25) is 13.8 Å². The van der Waals surface area contributed by atoms with Gasteiger partial charge in [0.05, 0.1) is 32.5 Å². The zero-order valence-corrected chi connectivity index (χ0v) is 24.0. The summed E-state index contributed by atoms with van der Waals surface area (Å²) >= 11 is 0. The van der Waals surface area contributed by atoms with Crippen molar-refractivity contribution in [3.63, 3.8) is 0 Å². The van der Waals surface area contributed by atoms with Gasteiger partial charge in [0.1, 0.15) is 11.5 Å². The van der Waals surface area contributed by atoms with Crippen LogP contribution >= 0.6 is 7.75 Å². The monoisotopic (exact) mass is 532 g/mol. The fourth-order valence-electron chi connectivity index (χ4n) is 3.55. The van der Waals surface area contributed by atoms with E-state index in [9.17, 15) is 9.36 Å². The molecule has 8 nitrogen and oxygen atoms in total. The summed E-state index contributed by atoms with van der Waals surface area (Å²) in [7, 11) is -0.468. The first kappa shape index (κ1) is 30.6. The van der Waals surface area contributed by atoms with Crippen LogP contribution in [0.2, 0.25) is 0 Å². The van der Waals surface area contributed by atoms with E-state index in [1.54, 1.807) is 41.9 Å². The molecule has 0 aliphatic rings. The first-order valence-corrected chi connectivity index (χ1v) is 14.0. The van der Waals surface area contributed by atoms with Crippen molar-refractivity contribution < 1.29 is 27.9 Å². The van der Waals surface area contributed by atoms with E-state index in [2.05, 4.69) is 10.4 Å². The maximum Gasteiger partial charge on any atom is 0.406 e. The maximum absolute atomic E-state index is 13.3. The van der Waals surface area contributed by atoms with Crippen molar-refractivity contribution in [2.45, 2.75) is 66.2 Å². The summed E-state index contributed by atoms with van der Waals surface area (Å²) < 4.78 is 35.2. The van der Waals surface area contributed by atoms with Crippen LogP contribution in [0.1, 0.15) is 59.1 Å². The Morgan fingerprint density at radius 3 is 1.81 bits per heavy atom. The number of carbonyl (C=O) groups excluding carboxylic acids is 1. The number of methoxy groups -OCH3 is 2. The zero-order chi connectivity index (χ0) is 27.6. The third-order valence-corrected chi connectivity index (χ3v) is 7.08. The van der Waals surface area contributed by atoms with E-state index >= 15 is 0 Å². The van der Waals surface area contributed by atoms with Gasteiger partial charge >= 0.3 is 7.75 Å². The van der Waals surface area contributed by atoms with Crippen molar-refractivity contribution in [2.24, 2.45) is 5.92 Å². The topological polar surface area (TPSA) is 95.1 Å². The molecule has 9 heteroatoms. The number of hydrogen-bond acceptors (Lipinski definition) is 6. The molecule has 2 aromatic rings. The molecular formula is C28H41N2O6P. The molecule has 0 unspecified atom stereocenters. The van der Waals surface area contributed by atoms with Crippen molar-refractivity contribution in [1.29, 1.82) is 0 Å². The lowest BCUT2D eigenvalue weighted by Crippen LogP contribution is -2.41. The fraction of sp³-hybridized carbons (Fsp3) is 0.464. The Hall–Kier alpha value is -2.64. The number of anilines is 1. The Labute approximate surface area is 221 Å².